The van der Waals surface area contributed by atoms with Gasteiger partial charge in [-0.15, -0.1) is 0 Å². The average Bonchev–Trinajstić information content (AvgIpc) is 2.58. The molecule has 0 bridgehead atoms. The molecule has 0 saturated carbocycles. The molecule has 0 aliphatic heterocycles. The van der Waals surface area contributed by atoms with E-state index in [0.29, 0.717) is 0 Å². The quantitative estimate of drug-likeness (QED) is 0.747. The van der Waals surface area contributed by atoms with Gasteiger partial charge in [-0.2, -0.15) is 4.57 Å². The number of nitrogens with zero attached hydrogens (tertiary/aromatic N) is 1. The largest absolute Gasteiger partial charge is 0.477 e. The van der Waals surface area contributed by atoms with Crippen molar-refractivity contribution in [1.82, 2.24) is 0 Å². The molecule has 114 valence electrons. The van der Waals surface area contributed by atoms with E-state index in [1.54, 1.807) is 0 Å². The fourth-order valence-electron chi connectivity index (χ4n) is 2.75. The second-order valence-electron chi connectivity index (χ2n) is 5.48. The molecule has 1 heterocycles. The second-order valence-corrected chi connectivity index (χ2v) is 5.48. The average molecular weight is 304 g/mol. The number of rotatable bonds is 4. The van der Waals surface area contributed by atoms with Crippen LogP contribution in [-0.2, 0) is 11.3 Å². The SMILES string of the molecule is Cc1cc(-c2ccccc2)cc(-c2ccccc2)[n+]1CC(=O)O. The van der Waals surface area contributed by atoms with Gasteiger partial charge in [0.05, 0.1) is 0 Å². The molecule has 0 fully saturated rings. The van der Waals surface area contributed by atoms with Crippen LogP contribution in [0.5, 0.6) is 0 Å². The molecule has 1 aromatic heterocycles. The van der Waals surface area contributed by atoms with Crippen LogP contribution >= 0.6 is 0 Å². The second kappa shape index (κ2) is 6.44. The molecule has 0 amide bonds. The van der Waals surface area contributed by atoms with Gasteiger partial charge < -0.3 is 5.11 Å². The Bertz CT molecular complexity index is 827. The van der Waals surface area contributed by atoms with Crippen molar-refractivity contribution in [3.05, 3.63) is 78.5 Å². The van der Waals surface area contributed by atoms with E-state index in [2.05, 4.69) is 18.2 Å². The number of hydrogen-bond acceptors (Lipinski definition) is 1. The van der Waals surface area contributed by atoms with Gasteiger partial charge in [0.15, 0.2) is 5.69 Å². The summed E-state index contributed by atoms with van der Waals surface area (Å²) in [5, 5.41) is 9.23. The number of aromatic nitrogens is 1. The number of carboxylic acids is 1. The van der Waals surface area contributed by atoms with Crippen molar-refractivity contribution in [3.63, 3.8) is 0 Å². The van der Waals surface area contributed by atoms with Gasteiger partial charge in [-0.3, -0.25) is 0 Å². The summed E-state index contributed by atoms with van der Waals surface area (Å²) in [5.74, 6) is -0.845. The Kier molecular flexibility index (Phi) is 4.20. The predicted octanol–water partition coefficient (Wildman–Crippen LogP) is 3.70. The van der Waals surface area contributed by atoms with Crippen molar-refractivity contribution in [3.8, 4) is 22.4 Å². The molecule has 2 aromatic carbocycles. The Morgan fingerprint density at radius 2 is 1.43 bits per heavy atom. The molecule has 1 N–H and O–H groups in total. The zero-order valence-corrected chi connectivity index (χ0v) is 12.9. The summed E-state index contributed by atoms with van der Waals surface area (Å²) < 4.78 is 1.84. The Hall–Kier alpha value is -2.94. The van der Waals surface area contributed by atoms with Crippen molar-refractivity contribution in [2.75, 3.05) is 0 Å². The van der Waals surface area contributed by atoms with Gasteiger partial charge in [0.25, 0.3) is 0 Å². The van der Waals surface area contributed by atoms with Crippen molar-refractivity contribution in [2.45, 2.75) is 13.5 Å². The van der Waals surface area contributed by atoms with E-state index in [4.69, 9.17) is 0 Å². The van der Waals surface area contributed by atoms with E-state index in [9.17, 15) is 9.90 Å². The first-order valence-corrected chi connectivity index (χ1v) is 7.52. The van der Waals surface area contributed by atoms with Crippen LogP contribution < -0.4 is 4.57 Å². The van der Waals surface area contributed by atoms with Crippen LogP contribution in [0, 0.1) is 6.92 Å². The molecule has 3 heteroatoms. The number of pyridine rings is 1. The van der Waals surface area contributed by atoms with Crippen LogP contribution in [0.25, 0.3) is 22.4 Å². The van der Waals surface area contributed by atoms with Crippen molar-refractivity contribution in [2.24, 2.45) is 0 Å². The molecule has 3 aromatic rings. The lowest BCUT2D eigenvalue weighted by molar-refractivity contribution is -0.681. The predicted molar refractivity (Wildman–Crippen MR) is 89.9 cm³/mol. The molecule has 0 aliphatic rings. The molecular weight excluding hydrogens is 286 g/mol. The van der Waals surface area contributed by atoms with E-state index in [1.165, 1.54) is 0 Å². The number of aryl methyl sites for hydroxylation is 1. The molecule has 0 aliphatic carbocycles. The molecule has 23 heavy (non-hydrogen) atoms. The van der Waals surface area contributed by atoms with E-state index in [1.807, 2.05) is 66.1 Å². The first-order valence-electron chi connectivity index (χ1n) is 7.52. The van der Waals surface area contributed by atoms with Crippen LogP contribution in [0.15, 0.2) is 72.8 Å². The molecule has 3 nitrogen and oxygen atoms in total. The highest BCUT2D eigenvalue weighted by Gasteiger charge is 2.21. The summed E-state index contributed by atoms with van der Waals surface area (Å²) in [6.07, 6.45) is 0. The minimum atomic E-state index is -0.845. The van der Waals surface area contributed by atoms with Crippen LogP contribution in [-0.4, -0.2) is 11.1 Å². The minimum Gasteiger partial charge on any atom is -0.477 e. The van der Waals surface area contributed by atoms with E-state index >= 15 is 0 Å². The highest BCUT2D eigenvalue weighted by atomic mass is 16.4. The maximum Gasteiger partial charge on any atom is 0.370 e. The Morgan fingerprint density at radius 3 is 2.00 bits per heavy atom. The standard InChI is InChI=1S/C20H17NO2/c1-15-12-18(16-8-4-2-5-9-16)13-19(21(15)14-20(22)23)17-10-6-3-7-11-17/h2-13H,14H2,1H3/p+1. The zero-order chi connectivity index (χ0) is 16.2. The van der Waals surface area contributed by atoms with Gasteiger partial charge in [0, 0.05) is 24.6 Å². The van der Waals surface area contributed by atoms with Gasteiger partial charge in [0.1, 0.15) is 0 Å². The van der Waals surface area contributed by atoms with E-state index in [-0.39, 0.29) is 6.54 Å². The first-order chi connectivity index (χ1) is 11.1. The highest BCUT2D eigenvalue weighted by molar-refractivity contribution is 5.70. The topological polar surface area (TPSA) is 41.2 Å². The molecule has 0 saturated heterocycles. The summed E-state index contributed by atoms with van der Waals surface area (Å²) in [6.45, 7) is 1.90. The van der Waals surface area contributed by atoms with Crippen LogP contribution in [0.2, 0.25) is 0 Å². The number of carbonyl (C=O) groups is 1. The fraction of sp³-hybridized carbons (Fsp3) is 0.100. The minimum absolute atomic E-state index is 0.0505. The molecular formula is C20H18NO2+. The van der Waals surface area contributed by atoms with Crippen LogP contribution in [0.1, 0.15) is 5.69 Å². The van der Waals surface area contributed by atoms with Crippen molar-refractivity contribution >= 4 is 5.97 Å². The molecule has 0 spiro atoms. The third kappa shape index (κ3) is 3.29. The summed E-state index contributed by atoms with van der Waals surface area (Å²) in [4.78, 5) is 11.2. The Balaban J connectivity index is 2.20. The van der Waals surface area contributed by atoms with Gasteiger partial charge in [0.2, 0.25) is 12.2 Å². The third-order valence-electron chi connectivity index (χ3n) is 3.84. The van der Waals surface area contributed by atoms with Crippen molar-refractivity contribution in [1.29, 1.82) is 0 Å². The lowest BCUT2D eigenvalue weighted by Gasteiger charge is -2.09. The zero-order valence-electron chi connectivity index (χ0n) is 12.9. The molecule has 0 atom stereocenters. The number of carboxylic acid groups (broad SMARTS) is 1. The van der Waals surface area contributed by atoms with E-state index in [0.717, 1.165) is 28.1 Å². The van der Waals surface area contributed by atoms with Gasteiger partial charge in [-0.05, 0) is 23.3 Å². The Labute approximate surface area is 135 Å². The maximum absolute atomic E-state index is 11.2. The first kappa shape index (κ1) is 15.0. The lowest BCUT2D eigenvalue weighted by Crippen LogP contribution is -2.43. The van der Waals surface area contributed by atoms with E-state index < -0.39 is 5.97 Å². The Morgan fingerprint density at radius 1 is 0.870 bits per heavy atom. The van der Waals surface area contributed by atoms with Gasteiger partial charge in [-0.25, -0.2) is 4.79 Å². The molecule has 3 rings (SSSR count). The van der Waals surface area contributed by atoms with Crippen LogP contribution in [0.3, 0.4) is 0 Å². The summed E-state index contributed by atoms with van der Waals surface area (Å²) in [6, 6.07) is 24.1. The molecule has 0 unspecified atom stereocenters. The lowest BCUT2D eigenvalue weighted by atomic mass is 10.0. The smallest absolute Gasteiger partial charge is 0.370 e. The monoisotopic (exact) mass is 304 g/mol. The summed E-state index contributed by atoms with van der Waals surface area (Å²) in [5.41, 5.74) is 5.05. The normalized spacial score (nSPS) is 10.5. The van der Waals surface area contributed by atoms with Crippen LogP contribution in [0.4, 0.5) is 0 Å². The maximum atomic E-state index is 11.2. The number of hydrogen-bond donors (Lipinski definition) is 1. The van der Waals surface area contributed by atoms with Crippen molar-refractivity contribution < 1.29 is 14.5 Å². The number of benzene rings is 2. The third-order valence-corrected chi connectivity index (χ3v) is 3.84. The van der Waals surface area contributed by atoms with Gasteiger partial charge >= 0.3 is 5.97 Å². The summed E-state index contributed by atoms with van der Waals surface area (Å²) >= 11 is 0. The fourth-order valence-corrected chi connectivity index (χ4v) is 2.75. The van der Waals surface area contributed by atoms with Gasteiger partial charge in [-0.1, -0.05) is 48.5 Å². The molecule has 0 radical (unpaired) electrons. The highest BCUT2D eigenvalue weighted by Crippen LogP contribution is 2.24. The summed E-state index contributed by atoms with van der Waals surface area (Å²) in [7, 11) is 0. The number of aliphatic carboxylic acids is 1.